The maximum absolute atomic E-state index is 11.8. The average Bonchev–Trinajstić information content (AvgIpc) is 3.37. The molecule has 8 nitrogen and oxygen atoms in total. The minimum atomic E-state index is -0.378. The second-order valence-corrected chi connectivity index (χ2v) is 6.68. The molecule has 8 heteroatoms. The number of nitro benzene ring substituents is 1. The molecular weight excluding hydrogens is 346 g/mol. The molecule has 4 rings (SSSR count). The molecule has 27 heavy (non-hydrogen) atoms. The number of aromatic nitrogens is 2. The van der Waals surface area contributed by atoms with Crippen LogP contribution < -0.4 is 9.80 Å². The smallest absolute Gasteiger partial charge is 0.323 e. The maximum Gasteiger partial charge on any atom is 0.323 e. The van der Waals surface area contributed by atoms with Crippen LogP contribution >= 0.6 is 0 Å². The average molecular weight is 367 g/mol. The number of nitrogens with zero attached hydrogens (tertiary/aromatic N) is 5. The van der Waals surface area contributed by atoms with E-state index in [-0.39, 0.29) is 16.1 Å². The number of fused-ring (bicyclic) bond motifs is 1. The first-order valence-corrected chi connectivity index (χ1v) is 9.16. The highest BCUT2D eigenvalue weighted by atomic mass is 16.6. The Morgan fingerprint density at radius 3 is 2.56 bits per heavy atom. The van der Waals surface area contributed by atoms with Gasteiger partial charge in [-0.15, -0.1) is 0 Å². The lowest BCUT2D eigenvalue weighted by Gasteiger charge is -2.25. The van der Waals surface area contributed by atoms with Crippen molar-refractivity contribution in [2.24, 2.45) is 0 Å². The van der Waals surface area contributed by atoms with E-state index in [2.05, 4.69) is 39.2 Å². The van der Waals surface area contributed by atoms with Gasteiger partial charge in [0.25, 0.3) is 0 Å². The minimum absolute atomic E-state index is 0.0207. The molecule has 0 aliphatic carbocycles. The molecule has 1 aliphatic heterocycles. The normalized spacial score (nSPS) is 14.0. The van der Waals surface area contributed by atoms with Gasteiger partial charge in [0.05, 0.1) is 10.6 Å². The van der Waals surface area contributed by atoms with E-state index < -0.39 is 0 Å². The molecule has 0 bridgehead atoms. The van der Waals surface area contributed by atoms with E-state index in [4.69, 9.17) is 4.63 Å². The zero-order valence-corrected chi connectivity index (χ0v) is 15.2. The third kappa shape index (κ3) is 3.18. The van der Waals surface area contributed by atoms with Gasteiger partial charge in [0.1, 0.15) is 5.69 Å². The van der Waals surface area contributed by atoms with E-state index in [0.717, 1.165) is 43.7 Å². The maximum atomic E-state index is 11.8. The highest BCUT2D eigenvalue weighted by molar-refractivity contribution is 6.00. The van der Waals surface area contributed by atoms with Crippen molar-refractivity contribution >= 4 is 28.1 Å². The molecular formula is C19H21N5O3. The summed E-state index contributed by atoms with van der Waals surface area (Å²) in [5, 5.41) is 19.7. The molecule has 140 valence electrons. The highest BCUT2D eigenvalue weighted by Crippen LogP contribution is 2.41. The van der Waals surface area contributed by atoms with Crippen molar-refractivity contribution in [3.8, 4) is 0 Å². The fourth-order valence-corrected chi connectivity index (χ4v) is 3.69. The van der Waals surface area contributed by atoms with Crippen LogP contribution in [0.25, 0.3) is 11.0 Å². The Labute approximate surface area is 156 Å². The van der Waals surface area contributed by atoms with Gasteiger partial charge in [-0.2, -0.15) is 0 Å². The molecule has 0 unspecified atom stereocenters. The van der Waals surface area contributed by atoms with Crippen LogP contribution in [0.15, 0.2) is 41.0 Å². The summed E-state index contributed by atoms with van der Waals surface area (Å²) < 4.78 is 4.91. The highest BCUT2D eigenvalue weighted by Gasteiger charge is 2.31. The molecule has 3 aromatic rings. The van der Waals surface area contributed by atoms with Crippen molar-refractivity contribution in [3.63, 3.8) is 0 Å². The standard InChI is InChI=1S/C19H21N5O3/c1-2-22(13-14-8-4-3-5-9-14)15-12-16(23-10-6-7-11-23)19(24(25)26)18-17(15)20-27-21-18/h3-5,8-9,12H,2,6-7,10-11,13H2,1H3. The summed E-state index contributed by atoms with van der Waals surface area (Å²) in [6.07, 6.45) is 2.06. The van der Waals surface area contributed by atoms with Gasteiger partial charge in [0.15, 0.2) is 5.52 Å². The molecule has 0 spiro atoms. The van der Waals surface area contributed by atoms with E-state index >= 15 is 0 Å². The van der Waals surface area contributed by atoms with Crippen LogP contribution in [-0.4, -0.2) is 34.9 Å². The molecule has 0 N–H and O–H groups in total. The van der Waals surface area contributed by atoms with Crippen LogP contribution in [0, 0.1) is 10.1 Å². The van der Waals surface area contributed by atoms with Crippen molar-refractivity contribution in [1.29, 1.82) is 0 Å². The summed E-state index contributed by atoms with van der Waals surface area (Å²) >= 11 is 0. The largest absolute Gasteiger partial charge is 0.366 e. The molecule has 0 radical (unpaired) electrons. The van der Waals surface area contributed by atoms with Crippen molar-refractivity contribution in [1.82, 2.24) is 10.3 Å². The van der Waals surface area contributed by atoms with Gasteiger partial charge in [0.2, 0.25) is 5.52 Å². The Morgan fingerprint density at radius 2 is 1.89 bits per heavy atom. The molecule has 1 aliphatic rings. The Kier molecular flexibility index (Phi) is 4.62. The fourth-order valence-electron chi connectivity index (χ4n) is 3.69. The Hall–Kier alpha value is -3.16. The second-order valence-electron chi connectivity index (χ2n) is 6.68. The SMILES string of the molecule is CCN(Cc1ccccc1)c1cc(N2CCCC2)c([N+](=O)[O-])c2nonc12. The summed E-state index contributed by atoms with van der Waals surface area (Å²) in [4.78, 5) is 15.6. The van der Waals surface area contributed by atoms with Crippen molar-refractivity contribution in [2.75, 3.05) is 29.4 Å². The molecule has 2 heterocycles. The molecule has 1 aromatic heterocycles. The van der Waals surface area contributed by atoms with E-state index in [1.165, 1.54) is 0 Å². The zero-order valence-electron chi connectivity index (χ0n) is 15.2. The van der Waals surface area contributed by atoms with Gasteiger partial charge < -0.3 is 9.80 Å². The quantitative estimate of drug-likeness (QED) is 0.484. The topological polar surface area (TPSA) is 88.5 Å². The molecule has 1 fully saturated rings. The van der Waals surface area contributed by atoms with E-state index in [1.54, 1.807) is 0 Å². The summed E-state index contributed by atoms with van der Waals surface area (Å²) in [6, 6.07) is 12.0. The van der Waals surface area contributed by atoms with E-state index in [9.17, 15) is 10.1 Å². The first kappa shape index (κ1) is 17.3. The lowest BCUT2D eigenvalue weighted by Crippen LogP contribution is -2.24. The van der Waals surface area contributed by atoms with Crippen LogP contribution in [-0.2, 0) is 6.54 Å². The minimum Gasteiger partial charge on any atom is -0.366 e. The van der Waals surface area contributed by atoms with Gasteiger partial charge >= 0.3 is 5.69 Å². The van der Waals surface area contributed by atoms with Gasteiger partial charge in [-0.1, -0.05) is 30.3 Å². The Bertz CT molecular complexity index is 951. The molecule has 2 aromatic carbocycles. The Balaban J connectivity index is 1.85. The lowest BCUT2D eigenvalue weighted by molar-refractivity contribution is -0.382. The van der Waals surface area contributed by atoms with Gasteiger partial charge in [0, 0.05) is 26.2 Å². The van der Waals surface area contributed by atoms with Gasteiger partial charge in [-0.3, -0.25) is 10.1 Å². The van der Waals surface area contributed by atoms with Crippen LogP contribution in [0.3, 0.4) is 0 Å². The Morgan fingerprint density at radius 1 is 1.19 bits per heavy atom. The predicted molar refractivity (Wildman–Crippen MR) is 103 cm³/mol. The first-order valence-electron chi connectivity index (χ1n) is 9.16. The van der Waals surface area contributed by atoms with Crippen LogP contribution in [0.4, 0.5) is 17.1 Å². The van der Waals surface area contributed by atoms with Gasteiger partial charge in [-0.05, 0) is 41.7 Å². The third-order valence-corrected chi connectivity index (χ3v) is 5.04. The first-order chi connectivity index (χ1) is 13.2. The van der Waals surface area contributed by atoms with Crippen LogP contribution in [0.1, 0.15) is 25.3 Å². The number of hydrogen-bond donors (Lipinski definition) is 0. The summed E-state index contributed by atoms with van der Waals surface area (Å²) in [7, 11) is 0. The number of anilines is 2. The van der Waals surface area contributed by atoms with Crippen LogP contribution in [0.5, 0.6) is 0 Å². The zero-order chi connectivity index (χ0) is 18.8. The number of benzene rings is 2. The summed E-state index contributed by atoms with van der Waals surface area (Å²) in [6.45, 7) is 5.08. The summed E-state index contributed by atoms with van der Waals surface area (Å²) in [5.41, 5.74) is 3.19. The number of hydrogen-bond acceptors (Lipinski definition) is 7. The number of rotatable bonds is 6. The second kappa shape index (κ2) is 7.22. The lowest BCUT2D eigenvalue weighted by atomic mass is 10.1. The predicted octanol–water partition coefficient (Wildman–Crippen LogP) is 3.76. The van der Waals surface area contributed by atoms with Crippen molar-refractivity contribution in [2.45, 2.75) is 26.3 Å². The van der Waals surface area contributed by atoms with Crippen molar-refractivity contribution in [3.05, 3.63) is 52.1 Å². The third-order valence-electron chi connectivity index (χ3n) is 5.04. The van der Waals surface area contributed by atoms with E-state index in [1.807, 2.05) is 24.3 Å². The molecule has 0 atom stereocenters. The number of nitro groups is 1. The van der Waals surface area contributed by atoms with Crippen LogP contribution in [0.2, 0.25) is 0 Å². The van der Waals surface area contributed by atoms with E-state index in [0.29, 0.717) is 17.7 Å². The van der Waals surface area contributed by atoms with Crippen molar-refractivity contribution < 1.29 is 9.55 Å². The monoisotopic (exact) mass is 367 g/mol. The fraction of sp³-hybridized carbons (Fsp3) is 0.368. The molecule has 1 saturated heterocycles. The molecule has 0 saturated carbocycles. The summed E-state index contributed by atoms with van der Waals surface area (Å²) in [5.74, 6) is 0. The molecule has 0 amide bonds. The van der Waals surface area contributed by atoms with Gasteiger partial charge in [-0.25, -0.2) is 4.63 Å².